The Balaban J connectivity index is 1.39. The van der Waals surface area contributed by atoms with Crippen LogP contribution in [-0.2, 0) is 0 Å². The van der Waals surface area contributed by atoms with Crippen LogP contribution in [0, 0.1) is 0 Å². The molecule has 29 heavy (non-hydrogen) atoms. The van der Waals surface area contributed by atoms with Crippen molar-refractivity contribution in [3.05, 3.63) is 90.0 Å². The summed E-state index contributed by atoms with van der Waals surface area (Å²) in [6, 6.07) is 24.3. The van der Waals surface area contributed by atoms with Gasteiger partial charge in [-0.1, -0.05) is 48.5 Å². The van der Waals surface area contributed by atoms with E-state index in [1.165, 1.54) is 12.3 Å². The zero-order chi connectivity index (χ0) is 19.9. The molecule has 3 aromatic rings. The van der Waals surface area contributed by atoms with Crippen LogP contribution in [-0.4, -0.2) is 17.2 Å². The topological polar surface area (TPSA) is 94.4 Å². The van der Waals surface area contributed by atoms with Gasteiger partial charge in [-0.15, -0.1) is 10.2 Å². The minimum atomic E-state index is -0.0205. The average molecular weight is 382 g/mol. The van der Waals surface area contributed by atoms with Gasteiger partial charge in [-0.05, 0) is 29.8 Å². The van der Waals surface area contributed by atoms with E-state index in [2.05, 4.69) is 30.7 Å². The van der Waals surface area contributed by atoms with Crippen molar-refractivity contribution in [2.24, 2.45) is 30.7 Å². The van der Waals surface area contributed by atoms with Crippen LogP contribution >= 0.6 is 0 Å². The molecular weight excluding hydrogens is 364 g/mol. The summed E-state index contributed by atoms with van der Waals surface area (Å²) >= 11 is 0. The maximum atomic E-state index is 10.2. The van der Waals surface area contributed by atoms with Crippen molar-refractivity contribution in [2.75, 3.05) is 0 Å². The first-order chi connectivity index (χ1) is 14.3. The van der Waals surface area contributed by atoms with Crippen LogP contribution in [0.4, 0.5) is 11.4 Å². The SMILES string of the molecule is Oc1cc(N=Nc2ccccc2)ccc1/C=N/N=C1CC(c2ccccc2)N=N1. The summed E-state index contributed by atoms with van der Waals surface area (Å²) in [5.74, 6) is 0.608. The summed E-state index contributed by atoms with van der Waals surface area (Å²) in [4.78, 5) is 0. The molecule has 0 aliphatic carbocycles. The van der Waals surface area contributed by atoms with Crippen LogP contribution in [0.25, 0.3) is 0 Å². The standard InChI is InChI=1S/C22H18N6O/c29-21-13-19(25-24-18-9-5-2-6-10-18)12-11-17(21)15-23-27-22-14-20(26-28-22)16-7-3-1-4-8-16/h1-13,15,20,29H,14H2/b23-15+,25-24?,27-22?. The zero-order valence-corrected chi connectivity index (χ0v) is 15.5. The Morgan fingerprint density at radius 3 is 2.34 bits per heavy atom. The lowest BCUT2D eigenvalue weighted by Gasteiger charge is -2.03. The molecule has 1 N–H and O–H groups in total. The molecule has 7 heteroatoms. The van der Waals surface area contributed by atoms with Crippen molar-refractivity contribution in [1.29, 1.82) is 0 Å². The fourth-order valence-corrected chi connectivity index (χ4v) is 2.78. The van der Waals surface area contributed by atoms with Gasteiger partial charge < -0.3 is 5.11 Å². The number of aromatic hydroxyl groups is 1. The summed E-state index contributed by atoms with van der Waals surface area (Å²) in [7, 11) is 0. The Morgan fingerprint density at radius 2 is 1.59 bits per heavy atom. The fraction of sp³-hybridized carbons (Fsp3) is 0.0909. The number of nitrogens with zero attached hydrogens (tertiary/aromatic N) is 6. The van der Waals surface area contributed by atoms with E-state index in [0.717, 1.165) is 11.3 Å². The Hall–Kier alpha value is -4.00. The lowest BCUT2D eigenvalue weighted by atomic mass is 10.1. The summed E-state index contributed by atoms with van der Waals surface area (Å²) in [6.07, 6.45) is 2.08. The van der Waals surface area contributed by atoms with Crippen molar-refractivity contribution in [1.82, 2.24) is 0 Å². The highest BCUT2D eigenvalue weighted by Gasteiger charge is 2.19. The van der Waals surface area contributed by atoms with Crippen LogP contribution in [0.5, 0.6) is 5.75 Å². The third kappa shape index (κ3) is 4.84. The Bertz CT molecular complexity index is 1090. The lowest BCUT2D eigenvalue weighted by Crippen LogP contribution is -1.95. The van der Waals surface area contributed by atoms with E-state index >= 15 is 0 Å². The van der Waals surface area contributed by atoms with E-state index in [1.54, 1.807) is 12.1 Å². The quantitative estimate of drug-likeness (QED) is 0.320. The van der Waals surface area contributed by atoms with Crippen molar-refractivity contribution in [3.63, 3.8) is 0 Å². The van der Waals surface area contributed by atoms with Crippen molar-refractivity contribution >= 4 is 23.4 Å². The number of amidine groups is 1. The molecule has 0 fully saturated rings. The molecule has 0 aromatic heterocycles. The first kappa shape index (κ1) is 18.4. The molecule has 142 valence electrons. The van der Waals surface area contributed by atoms with Crippen LogP contribution < -0.4 is 0 Å². The molecule has 1 unspecified atom stereocenters. The van der Waals surface area contributed by atoms with Gasteiger partial charge in [0.1, 0.15) is 11.8 Å². The predicted molar refractivity (Wildman–Crippen MR) is 112 cm³/mol. The van der Waals surface area contributed by atoms with Crippen LogP contribution in [0.2, 0.25) is 0 Å². The Labute approximate surface area is 167 Å². The third-order valence-corrected chi connectivity index (χ3v) is 4.29. The number of phenolic OH excluding ortho intramolecular Hbond substituents is 1. The van der Waals surface area contributed by atoms with Crippen molar-refractivity contribution in [2.45, 2.75) is 12.5 Å². The lowest BCUT2D eigenvalue weighted by molar-refractivity contribution is 0.474. The van der Waals surface area contributed by atoms with E-state index in [9.17, 15) is 5.11 Å². The number of hydrogen-bond donors (Lipinski definition) is 1. The van der Waals surface area contributed by atoms with Gasteiger partial charge in [0.25, 0.3) is 0 Å². The molecule has 0 saturated heterocycles. The molecule has 1 atom stereocenters. The second kappa shape index (κ2) is 8.79. The van der Waals surface area contributed by atoms with Gasteiger partial charge >= 0.3 is 0 Å². The van der Waals surface area contributed by atoms with Crippen LogP contribution in [0.3, 0.4) is 0 Å². The fourth-order valence-electron chi connectivity index (χ4n) is 2.78. The predicted octanol–water partition coefficient (Wildman–Crippen LogP) is 6.14. The molecule has 0 saturated carbocycles. The molecule has 1 heterocycles. The largest absolute Gasteiger partial charge is 0.507 e. The number of rotatable bonds is 5. The maximum Gasteiger partial charge on any atom is 0.175 e. The van der Waals surface area contributed by atoms with E-state index in [-0.39, 0.29) is 11.8 Å². The van der Waals surface area contributed by atoms with E-state index in [1.807, 2.05) is 60.7 Å². The first-order valence-electron chi connectivity index (χ1n) is 9.13. The van der Waals surface area contributed by atoms with Gasteiger partial charge in [0.05, 0.1) is 17.6 Å². The number of phenols is 1. The van der Waals surface area contributed by atoms with Gasteiger partial charge in [0.2, 0.25) is 0 Å². The third-order valence-electron chi connectivity index (χ3n) is 4.29. The Kier molecular flexibility index (Phi) is 5.57. The van der Waals surface area contributed by atoms with Gasteiger partial charge in [0.15, 0.2) is 5.84 Å². The van der Waals surface area contributed by atoms with E-state index in [0.29, 0.717) is 23.5 Å². The smallest absolute Gasteiger partial charge is 0.175 e. The maximum absolute atomic E-state index is 10.2. The van der Waals surface area contributed by atoms with Crippen molar-refractivity contribution < 1.29 is 5.11 Å². The minimum absolute atomic E-state index is 0.0205. The van der Waals surface area contributed by atoms with Gasteiger partial charge in [0, 0.05) is 18.1 Å². The van der Waals surface area contributed by atoms with E-state index in [4.69, 9.17) is 0 Å². The molecular formula is C22H18N6O. The van der Waals surface area contributed by atoms with Gasteiger partial charge in [-0.2, -0.15) is 20.4 Å². The normalized spacial score (nSPS) is 17.7. The summed E-state index contributed by atoms with van der Waals surface area (Å²) in [5.41, 5.74) is 2.92. The van der Waals surface area contributed by atoms with Crippen LogP contribution in [0.15, 0.2) is 110 Å². The summed E-state index contributed by atoms with van der Waals surface area (Å²) < 4.78 is 0. The second-order valence-corrected chi connectivity index (χ2v) is 6.39. The van der Waals surface area contributed by atoms with Crippen molar-refractivity contribution in [3.8, 4) is 5.75 Å². The number of azo groups is 2. The molecule has 0 amide bonds. The molecule has 4 rings (SSSR count). The van der Waals surface area contributed by atoms with Gasteiger partial charge in [-0.25, -0.2) is 0 Å². The highest BCUT2D eigenvalue weighted by atomic mass is 16.3. The first-order valence-corrected chi connectivity index (χ1v) is 9.13. The monoisotopic (exact) mass is 382 g/mol. The zero-order valence-electron chi connectivity index (χ0n) is 15.5. The molecule has 3 aromatic carbocycles. The highest BCUT2D eigenvalue weighted by molar-refractivity contribution is 5.87. The molecule has 1 aliphatic rings. The second-order valence-electron chi connectivity index (χ2n) is 6.39. The van der Waals surface area contributed by atoms with Gasteiger partial charge in [-0.3, -0.25) is 0 Å². The highest BCUT2D eigenvalue weighted by Crippen LogP contribution is 2.28. The van der Waals surface area contributed by atoms with E-state index < -0.39 is 0 Å². The number of benzene rings is 3. The average Bonchev–Trinajstić information content (AvgIpc) is 3.24. The molecule has 0 bridgehead atoms. The Morgan fingerprint density at radius 1 is 0.862 bits per heavy atom. The summed E-state index contributed by atoms with van der Waals surface area (Å²) in [6.45, 7) is 0. The number of hydrogen-bond acceptors (Lipinski definition) is 6. The molecule has 7 nitrogen and oxygen atoms in total. The molecule has 0 radical (unpaired) electrons. The summed E-state index contributed by atoms with van der Waals surface area (Å²) in [5, 5.41) is 34.9. The van der Waals surface area contributed by atoms with Crippen LogP contribution in [0.1, 0.15) is 23.6 Å². The minimum Gasteiger partial charge on any atom is -0.507 e. The molecule has 0 spiro atoms. The molecule has 1 aliphatic heterocycles.